The fourth-order valence-electron chi connectivity index (χ4n) is 10.1. The maximum atomic E-state index is 13.2. The van der Waals surface area contributed by atoms with E-state index in [9.17, 15) is 19.2 Å². The minimum absolute atomic E-state index is 0.0344. The molecule has 0 aromatic heterocycles. The lowest BCUT2D eigenvalue weighted by Crippen LogP contribution is -2.40. The monoisotopic (exact) mass is 1030 g/mol. The number of nitrogens with zero attached hydrogens (tertiary/aromatic N) is 1. The molecule has 0 aromatic rings. The molecular weight excluding hydrogens is 911 g/mol. The molecule has 73 heavy (non-hydrogen) atoms. The van der Waals surface area contributed by atoms with Crippen molar-refractivity contribution in [2.75, 3.05) is 46.1 Å². The molecule has 0 saturated carbocycles. The zero-order valence-electron chi connectivity index (χ0n) is 49.6. The van der Waals surface area contributed by atoms with Gasteiger partial charge in [-0.3, -0.25) is 19.2 Å². The number of unbranched alkanes of at least 4 members (excludes halogenated alkanes) is 31. The van der Waals surface area contributed by atoms with E-state index in [1.807, 2.05) is 0 Å². The number of rotatable bonds is 58. The summed E-state index contributed by atoms with van der Waals surface area (Å²) in [7, 11) is 0. The van der Waals surface area contributed by atoms with Crippen LogP contribution in [0, 0.1) is 11.3 Å². The van der Waals surface area contributed by atoms with E-state index >= 15 is 0 Å². The molecule has 0 aliphatic carbocycles. The van der Waals surface area contributed by atoms with Crippen molar-refractivity contribution in [3.63, 3.8) is 0 Å². The Kier molecular flexibility index (Phi) is 53.0. The van der Waals surface area contributed by atoms with E-state index in [0.717, 1.165) is 148 Å². The Hall–Kier alpha value is -2.16. The van der Waals surface area contributed by atoms with Crippen LogP contribution in [0.25, 0.3) is 0 Å². The van der Waals surface area contributed by atoms with Crippen LogP contribution in [0.1, 0.15) is 330 Å². The quantitative estimate of drug-likeness (QED) is 0.0334. The van der Waals surface area contributed by atoms with Crippen molar-refractivity contribution in [3.05, 3.63) is 0 Å². The second kappa shape index (κ2) is 54.6. The third kappa shape index (κ3) is 46.8. The minimum atomic E-state index is -0.802. The van der Waals surface area contributed by atoms with Crippen molar-refractivity contribution in [2.24, 2.45) is 11.3 Å². The number of carbonyl (C=O) groups excluding carboxylic acids is 4. The largest absolute Gasteiger partial charge is 0.465 e. The predicted octanol–water partition coefficient (Wildman–Crippen LogP) is 18.7. The van der Waals surface area contributed by atoms with Gasteiger partial charge in [-0.1, -0.05) is 247 Å². The number of carbonyl (C=O) groups is 4. The van der Waals surface area contributed by atoms with E-state index in [1.54, 1.807) is 0 Å². The second-order valence-corrected chi connectivity index (χ2v) is 22.4. The minimum Gasteiger partial charge on any atom is -0.465 e. The molecule has 1 unspecified atom stereocenters. The molecule has 432 valence electrons. The molecule has 0 aliphatic rings. The van der Waals surface area contributed by atoms with Gasteiger partial charge in [0.15, 0.2) is 0 Å². The van der Waals surface area contributed by atoms with Gasteiger partial charge in [-0.2, -0.15) is 0 Å². The highest BCUT2D eigenvalue weighted by atomic mass is 16.6. The van der Waals surface area contributed by atoms with Crippen LogP contribution in [0.3, 0.4) is 0 Å². The molecule has 0 fully saturated rings. The summed E-state index contributed by atoms with van der Waals surface area (Å²) in [6.45, 7) is 17.2. The van der Waals surface area contributed by atoms with Crippen LogP contribution in [-0.4, -0.2) is 74.8 Å². The first-order valence-corrected chi connectivity index (χ1v) is 32.1. The standard InChI is InChI=1S/C64H123NO8/c1-7-13-18-23-27-32-39-48-60(66)71-56-64(57-72-61(67)49-40-33-28-24-19-14-8-2,58-73-62(68)50-41-34-29-25-20-15-9-3)51-42-44-54-65(52-12-6)53-43-35-36-45-55-70-63(69)59(46-37-30-22-17-11-5)47-38-31-26-21-16-10-4/h59H,7-58H2,1-6H3. The summed E-state index contributed by atoms with van der Waals surface area (Å²) in [4.78, 5) is 55.5. The van der Waals surface area contributed by atoms with Gasteiger partial charge in [0.05, 0.1) is 17.9 Å². The van der Waals surface area contributed by atoms with Crippen molar-refractivity contribution < 1.29 is 38.1 Å². The maximum absolute atomic E-state index is 13.2. The topological polar surface area (TPSA) is 108 Å². The van der Waals surface area contributed by atoms with Crippen molar-refractivity contribution >= 4 is 23.9 Å². The van der Waals surface area contributed by atoms with Gasteiger partial charge in [0.25, 0.3) is 0 Å². The van der Waals surface area contributed by atoms with E-state index in [4.69, 9.17) is 18.9 Å². The number of hydrogen-bond donors (Lipinski definition) is 0. The summed E-state index contributed by atoms with van der Waals surface area (Å²) in [6, 6.07) is 0. The Morgan fingerprint density at radius 3 is 1.01 bits per heavy atom. The van der Waals surface area contributed by atoms with E-state index in [-0.39, 0.29) is 49.6 Å². The van der Waals surface area contributed by atoms with Gasteiger partial charge >= 0.3 is 23.9 Å². The zero-order chi connectivity index (χ0) is 53.6. The Morgan fingerprint density at radius 2 is 0.644 bits per heavy atom. The first-order chi connectivity index (χ1) is 35.7. The van der Waals surface area contributed by atoms with Crippen LogP contribution in [0.4, 0.5) is 0 Å². The molecule has 0 amide bonds. The first kappa shape index (κ1) is 70.8. The van der Waals surface area contributed by atoms with Crippen LogP contribution in [0.2, 0.25) is 0 Å². The lowest BCUT2D eigenvalue weighted by Gasteiger charge is -2.33. The third-order valence-electron chi connectivity index (χ3n) is 15.1. The zero-order valence-corrected chi connectivity index (χ0v) is 49.6. The lowest BCUT2D eigenvalue weighted by atomic mass is 9.84. The summed E-state index contributed by atoms with van der Waals surface area (Å²) < 4.78 is 24.0. The van der Waals surface area contributed by atoms with Crippen molar-refractivity contribution in [1.82, 2.24) is 4.90 Å². The van der Waals surface area contributed by atoms with Gasteiger partial charge in [0.1, 0.15) is 19.8 Å². The summed E-state index contributed by atoms with van der Waals surface area (Å²) in [5.74, 6) is -0.591. The van der Waals surface area contributed by atoms with Crippen LogP contribution < -0.4 is 0 Å². The van der Waals surface area contributed by atoms with Crippen molar-refractivity contribution in [3.8, 4) is 0 Å². The van der Waals surface area contributed by atoms with E-state index in [0.29, 0.717) is 32.3 Å². The highest BCUT2D eigenvalue weighted by molar-refractivity contribution is 5.72. The normalized spacial score (nSPS) is 12.1. The van der Waals surface area contributed by atoms with Gasteiger partial charge in [-0.25, -0.2) is 0 Å². The van der Waals surface area contributed by atoms with Gasteiger partial charge in [-0.05, 0) is 83.8 Å². The fraction of sp³-hybridized carbons (Fsp3) is 0.938. The summed E-state index contributed by atoms with van der Waals surface area (Å²) in [6.07, 6.45) is 48.0. The Morgan fingerprint density at radius 1 is 0.329 bits per heavy atom. The maximum Gasteiger partial charge on any atom is 0.308 e. The molecule has 9 heteroatoms. The van der Waals surface area contributed by atoms with Gasteiger partial charge in [0.2, 0.25) is 0 Å². The second-order valence-electron chi connectivity index (χ2n) is 22.4. The average molecular weight is 1030 g/mol. The number of ether oxygens (including phenoxy) is 4. The Labute approximate surface area is 453 Å². The molecule has 0 aliphatic heterocycles. The molecule has 0 spiro atoms. The van der Waals surface area contributed by atoms with E-state index in [2.05, 4.69) is 46.4 Å². The Balaban J connectivity index is 5.55. The molecule has 0 aromatic carbocycles. The fourth-order valence-corrected chi connectivity index (χ4v) is 10.1. The van der Waals surface area contributed by atoms with Crippen LogP contribution in [0.15, 0.2) is 0 Å². The summed E-state index contributed by atoms with van der Waals surface area (Å²) >= 11 is 0. The van der Waals surface area contributed by atoms with Crippen LogP contribution in [-0.2, 0) is 38.1 Å². The van der Waals surface area contributed by atoms with Crippen LogP contribution >= 0.6 is 0 Å². The van der Waals surface area contributed by atoms with E-state index in [1.165, 1.54) is 135 Å². The molecule has 0 saturated heterocycles. The SMILES string of the molecule is CCCCCCCCCC(=O)OCC(CCCCN(CCC)CCCCCCOC(=O)C(CCCCCCC)CCCCCCCC)(COC(=O)CCCCCCCCC)COC(=O)CCCCCCCCC. The molecule has 0 radical (unpaired) electrons. The molecule has 0 bridgehead atoms. The highest BCUT2D eigenvalue weighted by Crippen LogP contribution is 2.29. The van der Waals surface area contributed by atoms with Gasteiger partial charge in [0, 0.05) is 19.3 Å². The predicted molar refractivity (Wildman–Crippen MR) is 308 cm³/mol. The molecule has 1 atom stereocenters. The van der Waals surface area contributed by atoms with Gasteiger partial charge < -0.3 is 23.8 Å². The molecule has 0 rings (SSSR count). The first-order valence-electron chi connectivity index (χ1n) is 32.1. The van der Waals surface area contributed by atoms with Crippen molar-refractivity contribution in [1.29, 1.82) is 0 Å². The van der Waals surface area contributed by atoms with Crippen molar-refractivity contribution in [2.45, 2.75) is 330 Å². The number of esters is 4. The molecule has 0 N–H and O–H groups in total. The molecule has 0 heterocycles. The number of hydrogen-bond acceptors (Lipinski definition) is 9. The Bertz CT molecular complexity index is 1140. The van der Waals surface area contributed by atoms with Gasteiger partial charge in [-0.15, -0.1) is 0 Å². The summed E-state index contributed by atoms with van der Waals surface area (Å²) in [5.41, 5.74) is -0.802. The third-order valence-corrected chi connectivity index (χ3v) is 15.1. The van der Waals surface area contributed by atoms with E-state index < -0.39 is 5.41 Å². The molecular formula is C64H123NO8. The smallest absolute Gasteiger partial charge is 0.308 e. The average Bonchev–Trinajstić information content (AvgIpc) is 3.39. The molecule has 9 nitrogen and oxygen atoms in total. The van der Waals surface area contributed by atoms with Crippen LogP contribution in [0.5, 0.6) is 0 Å². The highest BCUT2D eigenvalue weighted by Gasteiger charge is 2.36. The lowest BCUT2D eigenvalue weighted by molar-refractivity contribution is -0.163. The summed E-state index contributed by atoms with van der Waals surface area (Å²) in [5, 5.41) is 0.